The third-order valence-corrected chi connectivity index (χ3v) is 10.2. The summed E-state index contributed by atoms with van der Waals surface area (Å²) in [4.78, 5) is 46.1. The smallest absolute Gasteiger partial charge is 0.246 e. The Kier molecular flexibility index (Phi) is 9.30. The molecule has 1 saturated carbocycles. The van der Waals surface area contributed by atoms with Crippen LogP contribution in [-0.2, 0) is 19.1 Å². The van der Waals surface area contributed by atoms with E-state index >= 15 is 0 Å². The summed E-state index contributed by atoms with van der Waals surface area (Å²) < 4.78 is 20.2. The number of benzene rings is 1. The van der Waals surface area contributed by atoms with Crippen LogP contribution in [0.4, 0.5) is 10.1 Å². The number of likely N-dealkylation sites (tertiary alicyclic amines) is 1. The van der Waals surface area contributed by atoms with Gasteiger partial charge in [0.25, 0.3) is 0 Å². The summed E-state index contributed by atoms with van der Waals surface area (Å²) in [6.07, 6.45) is 8.08. The van der Waals surface area contributed by atoms with Crippen LogP contribution in [0.5, 0.6) is 0 Å². The van der Waals surface area contributed by atoms with E-state index in [1.165, 1.54) is 18.2 Å². The van der Waals surface area contributed by atoms with Gasteiger partial charge in [0, 0.05) is 24.8 Å². The van der Waals surface area contributed by atoms with Crippen molar-refractivity contribution in [3.8, 4) is 0 Å². The lowest BCUT2D eigenvalue weighted by molar-refractivity contribution is -0.141. The standard InChI is InChI=1S/C32H44ClFN4O4/c1-5-14-37(15-6-2)16-17-38-28(30(40)36-24-9-7-8-19(3)20(24)4)32-13-12-25(42-32)26(27(32)31(38)41)29(39)35-21-10-11-23(34)22(33)18-21/h10-13,18-20,24-28H,5-9,14-17H2,1-4H3,(H,35,39)(H,36,40)/t19-,20-,24-,25+,26-,27+,28+,32+/m1/s1. The normalized spacial score (nSPS) is 33.4. The molecule has 1 aromatic rings. The third kappa shape index (κ3) is 5.60. The third-order valence-electron chi connectivity index (χ3n) is 9.88. The Balaban J connectivity index is 1.43. The average molecular weight is 603 g/mol. The molecule has 3 heterocycles. The van der Waals surface area contributed by atoms with Gasteiger partial charge in [0.15, 0.2) is 0 Å². The van der Waals surface area contributed by atoms with Crippen LogP contribution in [0.3, 0.4) is 0 Å². The Morgan fingerprint density at radius 2 is 1.88 bits per heavy atom. The highest BCUT2D eigenvalue weighted by Gasteiger charge is 2.72. The molecule has 3 fully saturated rings. The molecule has 3 aliphatic heterocycles. The summed E-state index contributed by atoms with van der Waals surface area (Å²) in [7, 11) is 0. The summed E-state index contributed by atoms with van der Waals surface area (Å²) in [5, 5.41) is 6.00. The fraction of sp³-hybridized carbons (Fsp3) is 0.656. The summed E-state index contributed by atoms with van der Waals surface area (Å²) in [5.74, 6) is -2.31. The van der Waals surface area contributed by atoms with Gasteiger partial charge in [0.2, 0.25) is 17.7 Å². The lowest BCUT2D eigenvalue weighted by atomic mass is 9.73. The SMILES string of the molecule is CCCN(CCC)CCN1C(=O)[C@@H]2[C@H](C(=O)Nc3ccc(F)c(Cl)c3)[C@@H]3C=C[C@@]2(O3)[C@@H]1C(=O)N[C@@H]1CCC[C@@H](C)[C@H]1C. The summed E-state index contributed by atoms with van der Waals surface area (Å²) >= 11 is 5.94. The minimum Gasteiger partial charge on any atom is -0.359 e. The van der Waals surface area contributed by atoms with Gasteiger partial charge in [-0.25, -0.2) is 4.39 Å². The van der Waals surface area contributed by atoms with Crippen LogP contribution >= 0.6 is 11.6 Å². The fourth-order valence-electron chi connectivity index (χ4n) is 7.57. The maximum absolute atomic E-state index is 14.3. The van der Waals surface area contributed by atoms with Crippen LogP contribution in [-0.4, -0.2) is 77.5 Å². The number of hydrogen-bond acceptors (Lipinski definition) is 5. The highest BCUT2D eigenvalue weighted by atomic mass is 35.5. The zero-order valence-corrected chi connectivity index (χ0v) is 25.8. The molecule has 8 atom stereocenters. The van der Waals surface area contributed by atoms with Crippen LogP contribution in [0.2, 0.25) is 5.02 Å². The number of anilines is 1. The fourth-order valence-corrected chi connectivity index (χ4v) is 7.75. The number of fused-ring (bicyclic) bond motifs is 1. The Hall–Kier alpha value is -2.49. The number of nitrogens with zero attached hydrogens (tertiary/aromatic N) is 2. The molecule has 4 aliphatic rings. The van der Waals surface area contributed by atoms with Crippen molar-refractivity contribution in [3.63, 3.8) is 0 Å². The second-order valence-corrected chi connectivity index (χ2v) is 13.0. The Morgan fingerprint density at radius 1 is 1.14 bits per heavy atom. The predicted octanol–water partition coefficient (Wildman–Crippen LogP) is 4.63. The van der Waals surface area contributed by atoms with E-state index in [2.05, 4.69) is 43.2 Å². The summed E-state index contributed by atoms with van der Waals surface area (Å²) in [5.41, 5.74) is -0.892. The maximum atomic E-state index is 14.3. The zero-order valence-electron chi connectivity index (χ0n) is 25.1. The Labute approximate surface area is 253 Å². The number of carbonyl (C=O) groups excluding carboxylic acids is 3. The number of nitrogens with one attached hydrogen (secondary N) is 2. The topological polar surface area (TPSA) is 91.0 Å². The van der Waals surface area contributed by atoms with E-state index in [0.717, 1.165) is 45.2 Å². The molecule has 0 aromatic heterocycles. The molecule has 5 rings (SSSR count). The van der Waals surface area contributed by atoms with E-state index in [0.29, 0.717) is 30.6 Å². The van der Waals surface area contributed by atoms with E-state index in [4.69, 9.17) is 16.3 Å². The minimum atomic E-state index is -1.22. The van der Waals surface area contributed by atoms with E-state index in [9.17, 15) is 18.8 Å². The van der Waals surface area contributed by atoms with Gasteiger partial charge in [-0.15, -0.1) is 0 Å². The van der Waals surface area contributed by atoms with Gasteiger partial charge >= 0.3 is 0 Å². The quantitative estimate of drug-likeness (QED) is 0.361. The second-order valence-electron chi connectivity index (χ2n) is 12.6. The Bertz CT molecular complexity index is 1220. The van der Waals surface area contributed by atoms with Crippen molar-refractivity contribution in [1.29, 1.82) is 0 Å². The minimum absolute atomic E-state index is 0.0234. The average Bonchev–Trinajstić information content (AvgIpc) is 3.59. The number of hydrogen-bond donors (Lipinski definition) is 2. The molecule has 0 radical (unpaired) electrons. The van der Waals surface area contributed by atoms with Crippen LogP contribution < -0.4 is 10.6 Å². The monoisotopic (exact) mass is 602 g/mol. The lowest BCUT2D eigenvalue weighted by Crippen LogP contribution is -2.58. The highest BCUT2D eigenvalue weighted by Crippen LogP contribution is 2.55. The number of carbonyl (C=O) groups is 3. The van der Waals surface area contributed by atoms with Gasteiger partial charge in [-0.3, -0.25) is 14.4 Å². The molecular weight excluding hydrogens is 559 g/mol. The molecule has 230 valence electrons. The number of ether oxygens (including phenoxy) is 1. The summed E-state index contributed by atoms with van der Waals surface area (Å²) in [6.45, 7) is 11.5. The molecule has 2 N–H and O–H groups in total. The van der Waals surface area contributed by atoms with Crippen LogP contribution in [0.25, 0.3) is 0 Å². The molecular formula is C32H44ClFN4O4. The van der Waals surface area contributed by atoms with Gasteiger partial charge in [-0.2, -0.15) is 0 Å². The van der Waals surface area contributed by atoms with E-state index in [1.54, 1.807) is 11.0 Å². The van der Waals surface area contributed by atoms with Crippen molar-refractivity contribution < 1.29 is 23.5 Å². The van der Waals surface area contributed by atoms with Gasteiger partial charge < -0.3 is 25.2 Å². The van der Waals surface area contributed by atoms with Crippen LogP contribution in [0.15, 0.2) is 30.4 Å². The number of halogens is 2. The van der Waals surface area contributed by atoms with Gasteiger partial charge in [0.1, 0.15) is 17.5 Å². The first-order chi connectivity index (χ1) is 20.1. The second kappa shape index (κ2) is 12.6. The molecule has 1 aromatic carbocycles. The van der Waals surface area contributed by atoms with Crippen LogP contribution in [0, 0.1) is 29.5 Å². The van der Waals surface area contributed by atoms with Gasteiger partial charge in [0.05, 0.1) is 23.0 Å². The van der Waals surface area contributed by atoms with E-state index in [-0.39, 0.29) is 22.9 Å². The van der Waals surface area contributed by atoms with E-state index in [1.807, 2.05) is 6.08 Å². The Morgan fingerprint density at radius 3 is 2.57 bits per heavy atom. The zero-order chi connectivity index (χ0) is 30.2. The number of rotatable bonds is 11. The first-order valence-electron chi connectivity index (χ1n) is 15.6. The molecule has 2 bridgehead atoms. The molecule has 1 aliphatic carbocycles. The van der Waals surface area contributed by atoms with Crippen LogP contribution in [0.1, 0.15) is 59.8 Å². The van der Waals surface area contributed by atoms with Crippen molar-refractivity contribution in [1.82, 2.24) is 15.1 Å². The van der Waals surface area contributed by atoms with Gasteiger partial charge in [-0.05, 0) is 62.4 Å². The van der Waals surface area contributed by atoms with Crippen molar-refractivity contribution in [2.24, 2.45) is 23.7 Å². The maximum Gasteiger partial charge on any atom is 0.246 e. The molecule has 0 unspecified atom stereocenters. The predicted molar refractivity (Wildman–Crippen MR) is 160 cm³/mol. The summed E-state index contributed by atoms with van der Waals surface area (Å²) in [6, 6.07) is 3.11. The number of amides is 3. The largest absolute Gasteiger partial charge is 0.359 e. The van der Waals surface area contributed by atoms with Gasteiger partial charge in [-0.1, -0.05) is 64.3 Å². The highest BCUT2D eigenvalue weighted by molar-refractivity contribution is 6.31. The van der Waals surface area contributed by atoms with Crippen molar-refractivity contribution in [3.05, 3.63) is 41.2 Å². The molecule has 2 saturated heterocycles. The van der Waals surface area contributed by atoms with E-state index < -0.39 is 41.3 Å². The molecule has 8 nitrogen and oxygen atoms in total. The molecule has 42 heavy (non-hydrogen) atoms. The molecule has 10 heteroatoms. The van der Waals surface area contributed by atoms with Crippen molar-refractivity contribution in [2.75, 3.05) is 31.5 Å². The van der Waals surface area contributed by atoms with Crippen molar-refractivity contribution in [2.45, 2.75) is 83.6 Å². The first kappa shape index (κ1) is 31.0. The first-order valence-corrected chi connectivity index (χ1v) is 15.9. The molecule has 3 amide bonds. The lowest BCUT2D eigenvalue weighted by Gasteiger charge is -2.38. The molecule has 1 spiro atoms. The van der Waals surface area contributed by atoms with Crippen molar-refractivity contribution >= 4 is 35.0 Å².